The predicted octanol–water partition coefficient (Wildman–Crippen LogP) is 4.01. The highest BCUT2D eigenvalue weighted by Crippen LogP contribution is 2.38. The lowest BCUT2D eigenvalue weighted by Crippen LogP contribution is -2.41. The summed E-state index contributed by atoms with van der Waals surface area (Å²) in [5.41, 5.74) is -0.376. The van der Waals surface area contributed by atoms with Gasteiger partial charge in [0.2, 0.25) is 5.88 Å². The van der Waals surface area contributed by atoms with Crippen molar-refractivity contribution in [2.45, 2.75) is 71.8 Å². The van der Waals surface area contributed by atoms with E-state index in [9.17, 15) is 13.2 Å². The number of sulfonamides is 1. The Bertz CT molecular complexity index is 1380. The third kappa shape index (κ3) is 6.65. The fourth-order valence-electron chi connectivity index (χ4n) is 5.80. The molecule has 218 valence electrons. The van der Waals surface area contributed by atoms with E-state index >= 15 is 0 Å². The lowest BCUT2D eigenvalue weighted by atomic mass is 9.97. The van der Waals surface area contributed by atoms with Crippen LogP contribution in [0.1, 0.15) is 76.6 Å². The third-order valence-corrected chi connectivity index (χ3v) is 9.10. The maximum atomic E-state index is 13.4. The second-order valence-corrected chi connectivity index (χ2v) is 13.2. The van der Waals surface area contributed by atoms with E-state index in [0.717, 1.165) is 18.8 Å². The molecular weight excluding hydrogens is 530 g/mol. The highest BCUT2D eigenvalue weighted by atomic mass is 32.2. The Balaban J connectivity index is 1.62. The average Bonchev–Trinajstić information content (AvgIpc) is 3.62. The molecule has 40 heavy (non-hydrogen) atoms. The van der Waals surface area contributed by atoms with Crippen molar-refractivity contribution in [2.24, 2.45) is 11.8 Å². The number of carbonyl (C=O) groups is 1. The summed E-state index contributed by atoms with van der Waals surface area (Å²) in [6.45, 7) is 8.93. The number of hydrogen-bond donors (Lipinski definition) is 3. The summed E-state index contributed by atoms with van der Waals surface area (Å²) in [7, 11) is -2.76. The highest BCUT2D eigenvalue weighted by molar-refractivity contribution is 7.94. The Labute approximate surface area is 236 Å². The number of aromatic nitrogens is 3. The van der Waals surface area contributed by atoms with Crippen molar-refractivity contribution in [3.8, 4) is 11.7 Å². The van der Waals surface area contributed by atoms with Crippen LogP contribution in [0.4, 0.5) is 5.82 Å². The van der Waals surface area contributed by atoms with Crippen molar-refractivity contribution in [1.29, 1.82) is 5.41 Å². The summed E-state index contributed by atoms with van der Waals surface area (Å²) in [5.74, 6) is 1.65. The molecule has 0 unspecified atom stereocenters. The molecule has 1 saturated carbocycles. The van der Waals surface area contributed by atoms with E-state index in [4.69, 9.17) is 15.1 Å². The molecule has 0 bridgehead atoms. The molecule has 3 heterocycles. The normalized spacial score (nSPS) is 19.6. The minimum atomic E-state index is -4.29. The van der Waals surface area contributed by atoms with Gasteiger partial charge in [0.05, 0.1) is 17.9 Å². The molecule has 12 heteroatoms. The number of allylic oxidation sites excluding steroid dienone is 1. The first kappa shape index (κ1) is 29.6. The molecule has 2 fully saturated rings. The van der Waals surface area contributed by atoms with Crippen LogP contribution in [0.25, 0.3) is 5.82 Å². The zero-order valence-corrected chi connectivity index (χ0v) is 24.8. The van der Waals surface area contributed by atoms with Crippen molar-refractivity contribution >= 4 is 27.5 Å². The van der Waals surface area contributed by atoms with Gasteiger partial charge >= 0.3 is 0 Å². The largest absolute Gasteiger partial charge is 0.477 e. The van der Waals surface area contributed by atoms with Crippen LogP contribution in [-0.4, -0.2) is 60.5 Å². The van der Waals surface area contributed by atoms with Crippen LogP contribution in [0, 0.1) is 17.2 Å². The van der Waals surface area contributed by atoms with Gasteiger partial charge in [-0.15, -0.1) is 5.10 Å². The standard InChI is InChI=1S/C28H41N7O4S/c1-19-16-28(3,4)34(18-19)26-22(27(36)33-40(37,38)23(17-30-5)20(2)29)10-11-24(31-26)35-14-12-25(32-35)39-15-13-21-8-6-7-9-21/h10-12,14,17,19,21,29-30H,6-9,13,15-16,18H2,1-5H3,(H,33,36)/b23-17+,29-20?/t19-/m0/s1. The van der Waals surface area contributed by atoms with Crippen molar-refractivity contribution in [3.05, 3.63) is 41.1 Å². The molecule has 0 aromatic carbocycles. The van der Waals surface area contributed by atoms with Crippen molar-refractivity contribution in [2.75, 3.05) is 25.1 Å². The van der Waals surface area contributed by atoms with Crippen molar-refractivity contribution in [1.82, 2.24) is 24.8 Å². The Morgan fingerprint density at radius 2 is 1.98 bits per heavy atom. The number of carbonyl (C=O) groups excluding carboxylic acids is 1. The molecule has 0 spiro atoms. The first-order chi connectivity index (χ1) is 18.9. The van der Waals surface area contributed by atoms with E-state index in [1.54, 1.807) is 29.1 Å². The molecule has 0 radical (unpaired) electrons. The fourth-order valence-corrected chi connectivity index (χ4v) is 6.94. The quantitative estimate of drug-likeness (QED) is 0.344. The SMILES string of the molecule is CN/C=C(\C(C)=N)S(=O)(=O)NC(=O)c1ccc(-n2ccc(OCCC3CCCC3)n2)nc1N1C[C@@H](C)CC1(C)C. The molecule has 1 saturated heterocycles. The molecule has 1 amide bonds. The average molecular weight is 572 g/mol. The third-order valence-electron chi connectivity index (χ3n) is 7.65. The van der Waals surface area contributed by atoms with Gasteiger partial charge in [0.25, 0.3) is 15.9 Å². The van der Waals surface area contributed by atoms with Crippen LogP contribution >= 0.6 is 0 Å². The molecule has 3 N–H and O–H groups in total. The summed E-state index contributed by atoms with van der Waals surface area (Å²) in [5, 5.41) is 15.0. The minimum absolute atomic E-state index is 0.126. The topological polar surface area (TPSA) is 142 Å². The maximum Gasteiger partial charge on any atom is 0.268 e. The van der Waals surface area contributed by atoms with Crippen LogP contribution in [-0.2, 0) is 10.0 Å². The van der Waals surface area contributed by atoms with E-state index in [2.05, 4.69) is 40.8 Å². The van der Waals surface area contributed by atoms with Crippen molar-refractivity contribution in [3.63, 3.8) is 0 Å². The van der Waals surface area contributed by atoms with E-state index in [0.29, 0.717) is 36.6 Å². The molecule has 1 aliphatic carbocycles. The molecule has 2 aromatic rings. The van der Waals surface area contributed by atoms with Crippen LogP contribution in [0.5, 0.6) is 5.88 Å². The summed E-state index contributed by atoms with van der Waals surface area (Å²) in [6.07, 6.45) is 9.99. The summed E-state index contributed by atoms with van der Waals surface area (Å²) < 4.78 is 35.6. The Morgan fingerprint density at radius 3 is 2.60 bits per heavy atom. The number of anilines is 1. The zero-order valence-electron chi connectivity index (χ0n) is 24.0. The smallest absolute Gasteiger partial charge is 0.268 e. The lowest BCUT2D eigenvalue weighted by molar-refractivity contribution is 0.0982. The van der Waals surface area contributed by atoms with Gasteiger partial charge in [0.1, 0.15) is 10.7 Å². The molecule has 2 aromatic heterocycles. The Morgan fingerprint density at radius 1 is 1.25 bits per heavy atom. The lowest BCUT2D eigenvalue weighted by Gasteiger charge is -2.34. The van der Waals surface area contributed by atoms with Crippen LogP contribution in [0.3, 0.4) is 0 Å². The number of hydrogen-bond acceptors (Lipinski definition) is 9. The molecular formula is C28H41N7O4S. The molecule has 4 rings (SSSR count). The number of nitrogens with zero attached hydrogens (tertiary/aromatic N) is 4. The van der Waals surface area contributed by atoms with Gasteiger partial charge in [-0.2, -0.15) is 0 Å². The van der Waals surface area contributed by atoms with Gasteiger partial charge in [-0.05, 0) is 57.6 Å². The van der Waals surface area contributed by atoms with Gasteiger partial charge < -0.3 is 20.4 Å². The fraction of sp³-hybridized carbons (Fsp3) is 0.571. The summed E-state index contributed by atoms with van der Waals surface area (Å²) in [6, 6.07) is 5.00. The Hall–Kier alpha value is -3.41. The van der Waals surface area contributed by atoms with E-state index < -0.39 is 15.9 Å². The molecule has 1 atom stereocenters. The van der Waals surface area contributed by atoms with E-state index in [1.807, 2.05) is 0 Å². The predicted molar refractivity (Wildman–Crippen MR) is 156 cm³/mol. The number of pyridine rings is 1. The first-order valence-corrected chi connectivity index (χ1v) is 15.4. The second-order valence-electron chi connectivity index (χ2n) is 11.5. The van der Waals surface area contributed by atoms with E-state index in [-0.39, 0.29) is 21.7 Å². The van der Waals surface area contributed by atoms with E-state index in [1.165, 1.54) is 45.9 Å². The number of rotatable bonds is 11. The number of nitrogens with one attached hydrogen (secondary N) is 3. The Kier molecular flexibility index (Phi) is 8.86. The first-order valence-electron chi connectivity index (χ1n) is 13.9. The molecule has 1 aliphatic heterocycles. The summed E-state index contributed by atoms with van der Waals surface area (Å²) >= 11 is 0. The van der Waals surface area contributed by atoms with Gasteiger partial charge in [0, 0.05) is 37.6 Å². The maximum absolute atomic E-state index is 13.4. The second kappa shape index (κ2) is 12.0. The van der Waals surface area contributed by atoms with Crippen LogP contribution < -0.4 is 19.7 Å². The van der Waals surface area contributed by atoms with Gasteiger partial charge in [-0.3, -0.25) is 4.79 Å². The molecule has 2 aliphatic rings. The number of ether oxygens (including phenoxy) is 1. The van der Waals surface area contributed by atoms with Gasteiger partial charge in [0.15, 0.2) is 5.82 Å². The zero-order chi connectivity index (χ0) is 29.1. The monoisotopic (exact) mass is 571 g/mol. The minimum Gasteiger partial charge on any atom is -0.477 e. The van der Waals surface area contributed by atoms with Crippen LogP contribution in [0.2, 0.25) is 0 Å². The van der Waals surface area contributed by atoms with Crippen LogP contribution in [0.15, 0.2) is 35.5 Å². The number of amides is 1. The van der Waals surface area contributed by atoms with Crippen molar-refractivity contribution < 1.29 is 17.9 Å². The van der Waals surface area contributed by atoms with Gasteiger partial charge in [-0.1, -0.05) is 32.6 Å². The van der Waals surface area contributed by atoms with Gasteiger partial charge in [-0.25, -0.2) is 22.8 Å². The highest BCUT2D eigenvalue weighted by Gasteiger charge is 2.39. The summed E-state index contributed by atoms with van der Waals surface area (Å²) in [4.78, 5) is 20.0. The molecule has 11 nitrogen and oxygen atoms in total.